The lowest BCUT2D eigenvalue weighted by atomic mass is 10.3. The molecule has 0 saturated heterocycles. The fourth-order valence-electron chi connectivity index (χ4n) is 1.16. The zero-order valence-electron chi connectivity index (χ0n) is 7.52. The van der Waals surface area contributed by atoms with Crippen LogP contribution in [0.15, 0.2) is 29.3 Å². The third-order valence-electron chi connectivity index (χ3n) is 1.88. The van der Waals surface area contributed by atoms with Crippen LogP contribution in [0.4, 0.5) is 0 Å². The largest absolute Gasteiger partial charge is 0.477 e. The molecule has 0 amide bonds. The van der Waals surface area contributed by atoms with Crippen molar-refractivity contribution in [2.75, 3.05) is 0 Å². The molecule has 0 fully saturated rings. The van der Waals surface area contributed by atoms with E-state index in [9.17, 15) is 9.59 Å². The average Bonchev–Trinajstić information content (AvgIpc) is 2.69. The molecule has 0 aliphatic rings. The quantitative estimate of drug-likeness (QED) is 0.663. The molecule has 0 aromatic carbocycles. The van der Waals surface area contributed by atoms with Gasteiger partial charge in [0.25, 0.3) is 5.56 Å². The van der Waals surface area contributed by atoms with Crippen LogP contribution in [0.2, 0.25) is 0 Å². The monoisotopic (exact) mass is 205 g/mol. The molecule has 15 heavy (non-hydrogen) atoms. The molecular weight excluding hydrogens is 198 g/mol. The molecule has 0 saturated carbocycles. The van der Waals surface area contributed by atoms with Gasteiger partial charge in [-0.3, -0.25) is 4.79 Å². The highest BCUT2D eigenvalue weighted by Crippen LogP contribution is 2.08. The summed E-state index contributed by atoms with van der Waals surface area (Å²) in [6, 6.07) is 3.47. The Bertz CT molecular complexity index is 542. The smallest absolute Gasteiger partial charge is 0.342 e. The van der Waals surface area contributed by atoms with E-state index < -0.39 is 11.5 Å². The van der Waals surface area contributed by atoms with Gasteiger partial charge in [0.2, 0.25) is 0 Å². The maximum Gasteiger partial charge on any atom is 0.342 e. The molecule has 6 heteroatoms. The van der Waals surface area contributed by atoms with Crippen molar-refractivity contribution in [3.63, 3.8) is 0 Å². The number of carbonyl (C=O) groups is 1. The second-order valence-electron chi connectivity index (χ2n) is 2.86. The van der Waals surface area contributed by atoms with Gasteiger partial charge >= 0.3 is 5.97 Å². The zero-order chi connectivity index (χ0) is 10.8. The first-order valence-corrected chi connectivity index (χ1v) is 4.15. The minimum atomic E-state index is -1.29. The maximum absolute atomic E-state index is 11.3. The van der Waals surface area contributed by atoms with Crippen LogP contribution in [0.5, 0.6) is 0 Å². The average molecular weight is 205 g/mol. The Labute approximate surface area is 83.6 Å². The van der Waals surface area contributed by atoms with Crippen molar-refractivity contribution in [1.82, 2.24) is 15.0 Å². The molecule has 2 aromatic rings. The number of H-pyrrole nitrogens is 2. The summed E-state index contributed by atoms with van der Waals surface area (Å²) in [7, 11) is 0. The van der Waals surface area contributed by atoms with E-state index in [-0.39, 0.29) is 5.56 Å². The van der Waals surface area contributed by atoms with E-state index in [4.69, 9.17) is 5.11 Å². The van der Waals surface area contributed by atoms with Gasteiger partial charge in [0.15, 0.2) is 5.82 Å². The molecule has 0 aliphatic carbocycles. The lowest BCUT2D eigenvalue weighted by molar-refractivity contribution is 0.0694. The molecule has 0 bridgehead atoms. The van der Waals surface area contributed by atoms with Crippen molar-refractivity contribution >= 4 is 5.97 Å². The third-order valence-corrected chi connectivity index (χ3v) is 1.88. The van der Waals surface area contributed by atoms with E-state index in [1.165, 1.54) is 0 Å². The highest BCUT2D eigenvalue weighted by Gasteiger charge is 2.10. The van der Waals surface area contributed by atoms with E-state index in [1.54, 1.807) is 18.3 Å². The van der Waals surface area contributed by atoms with Gasteiger partial charge in [-0.25, -0.2) is 9.78 Å². The minimum absolute atomic E-state index is 0.315. The van der Waals surface area contributed by atoms with Crippen LogP contribution in [-0.2, 0) is 0 Å². The third kappa shape index (κ3) is 1.64. The number of aromatic carboxylic acids is 1. The molecule has 6 nitrogen and oxygen atoms in total. The predicted molar refractivity (Wildman–Crippen MR) is 51.6 cm³/mol. The van der Waals surface area contributed by atoms with Crippen LogP contribution in [0.1, 0.15) is 10.4 Å². The standard InChI is InChI=1S/C9H7N3O3/c13-8-5(9(14)15)4-11-7(12-8)6-2-1-3-10-6/h1-4,10H,(H,14,15)(H,11,12,13). The van der Waals surface area contributed by atoms with Crippen molar-refractivity contribution in [2.24, 2.45) is 0 Å². The number of aromatic nitrogens is 3. The molecule has 0 spiro atoms. The van der Waals surface area contributed by atoms with Crippen LogP contribution in [0.3, 0.4) is 0 Å². The Morgan fingerprint density at radius 3 is 2.80 bits per heavy atom. The van der Waals surface area contributed by atoms with Crippen LogP contribution in [0, 0.1) is 0 Å². The molecule has 0 unspecified atom stereocenters. The topological polar surface area (TPSA) is 98.8 Å². The van der Waals surface area contributed by atoms with Gasteiger partial charge < -0.3 is 15.1 Å². The summed E-state index contributed by atoms with van der Waals surface area (Å²) in [5, 5.41) is 8.62. The number of hydrogen-bond donors (Lipinski definition) is 3. The first-order valence-electron chi connectivity index (χ1n) is 4.15. The van der Waals surface area contributed by atoms with Gasteiger partial charge in [0.05, 0.1) is 5.69 Å². The Hall–Kier alpha value is -2.37. The van der Waals surface area contributed by atoms with E-state index in [0.29, 0.717) is 11.5 Å². The Morgan fingerprint density at radius 2 is 2.27 bits per heavy atom. The number of nitrogens with one attached hydrogen (secondary N) is 2. The van der Waals surface area contributed by atoms with Crippen LogP contribution >= 0.6 is 0 Å². The number of hydrogen-bond acceptors (Lipinski definition) is 3. The van der Waals surface area contributed by atoms with Crippen molar-refractivity contribution in [3.8, 4) is 11.5 Å². The molecular formula is C9H7N3O3. The fourth-order valence-corrected chi connectivity index (χ4v) is 1.16. The Balaban J connectivity index is 2.52. The summed E-state index contributed by atoms with van der Waals surface area (Å²) < 4.78 is 0. The molecule has 2 rings (SSSR count). The molecule has 2 heterocycles. The number of nitrogens with zero attached hydrogens (tertiary/aromatic N) is 1. The van der Waals surface area contributed by atoms with Crippen molar-refractivity contribution in [2.45, 2.75) is 0 Å². The van der Waals surface area contributed by atoms with Gasteiger partial charge in [0, 0.05) is 12.4 Å². The van der Waals surface area contributed by atoms with E-state index in [1.807, 2.05) is 0 Å². The first kappa shape index (κ1) is 9.20. The van der Waals surface area contributed by atoms with E-state index in [2.05, 4.69) is 15.0 Å². The van der Waals surface area contributed by atoms with Crippen molar-refractivity contribution < 1.29 is 9.90 Å². The summed E-state index contributed by atoms with van der Waals surface area (Å²) in [4.78, 5) is 30.9. The highest BCUT2D eigenvalue weighted by atomic mass is 16.4. The van der Waals surface area contributed by atoms with Gasteiger partial charge in [-0.15, -0.1) is 0 Å². The molecule has 76 valence electrons. The van der Waals surface area contributed by atoms with Crippen LogP contribution in [0.25, 0.3) is 11.5 Å². The maximum atomic E-state index is 11.3. The minimum Gasteiger partial charge on any atom is -0.477 e. The second-order valence-corrected chi connectivity index (χ2v) is 2.86. The summed E-state index contributed by atoms with van der Waals surface area (Å²) in [6.07, 6.45) is 2.72. The lowest BCUT2D eigenvalue weighted by Gasteiger charge is -1.97. The number of carboxylic acid groups (broad SMARTS) is 1. The van der Waals surface area contributed by atoms with E-state index >= 15 is 0 Å². The molecule has 0 radical (unpaired) electrons. The summed E-state index contributed by atoms with van der Waals surface area (Å²) in [6.45, 7) is 0. The molecule has 3 N–H and O–H groups in total. The molecule has 0 aliphatic heterocycles. The predicted octanol–water partition coefficient (Wildman–Crippen LogP) is 0.463. The van der Waals surface area contributed by atoms with Crippen LogP contribution in [-0.4, -0.2) is 26.0 Å². The second kappa shape index (κ2) is 3.41. The van der Waals surface area contributed by atoms with Crippen molar-refractivity contribution in [1.29, 1.82) is 0 Å². The van der Waals surface area contributed by atoms with Gasteiger partial charge in [-0.1, -0.05) is 0 Å². The number of carboxylic acids is 1. The Morgan fingerprint density at radius 1 is 1.47 bits per heavy atom. The van der Waals surface area contributed by atoms with Gasteiger partial charge in [-0.2, -0.15) is 0 Å². The SMILES string of the molecule is O=C(O)c1cnc(-c2ccc[nH]2)[nH]c1=O. The summed E-state index contributed by atoms with van der Waals surface area (Å²) >= 11 is 0. The lowest BCUT2D eigenvalue weighted by Crippen LogP contribution is -2.18. The Kier molecular flexibility index (Phi) is 2.09. The summed E-state index contributed by atoms with van der Waals surface area (Å²) in [5.74, 6) is -0.975. The fraction of sp³-hybridized carbons (Fsp3) is 0. The van der Waals surface area contributed by atoms with Gasteiger partial charge in [-0.05, 0) is 12.1 Å². The van der Waals surface area contributed by atoms with Gasteiger partial charge in [0.1, 0.15) is 5.56 Å². The normalized spacial score (nSPS) is 10.1. The zero-order valence-corrected chi connectivity index (χ0v) is 7.52. The highest BCUT2D eigenvalue weighted by molar-refractivity contribution is 5.86. The number of rotatable bonds is 2. The molecule has 0 atom stereocenters. The van der Waals surface area contributed by atoms with Crippen molar-refractivity contribution in [3.05, 3.63) is 40.4 Å². The first-order chi connectivity index (χ1) is 7.18. The summed E-state index contributed by atoms with van der Waals surface area (Å²) in [5.41, 5.74) is -0.406. The number of aromatic amines is 2. The van der Waals surface area contributed by atoms with E-state index in [0.717, 1.165) is 6.20 Å². The molecule has 2 aromatic heterocycles. The van der Waals surface area contributed by atoms with Crippen LogP contribution < -0.4 is 5.56 Å².